The molecule has 0 saturated heterocycles. The van der Waals surface area contributed by atoms with Crippen LogP contribution in [0.1, 0.15) is 11.5 Å². The molecule has 0 aliphatic carbocycles. The van der Waals surface area contributed by atoms with Crippen LogP contribution in [0.3, 0.4) is 0 Å². The highest BCUT2D eigenvalue weighted by Crippen LogP contribution is 2.36. The maximum Gasteiger partial charge on any atom is 0.273 e. The van der Waals surface area contributed by atoms with Crippen LogP contribution >= 0.6 is 47.9 Å². The minimum atomic E-state index is 0. The molecule has 3 heterocycles. The zero-order valence-corrected chi connectivity index (χ0v) is 20.3. The summed E-state index contributed by atoms with van der Waals surface area (Å²) in [5.41, 5.74) is 0.942. The van der Waals surface area contributed by atoms with Gasteiger partial charge in [-0.15, -0.1) is 46.3 Å². The first-order valence-electron chi connectivity index (χ1n) is 8.94. The Hall–Kier alpha value is -2.84. The SMILES string of the molecule is Cl.Cl.[C-]#[N+]Cc1nnc(Sc2cnc(Nc3nc(C)cs3)c(Oc3ccccc3)c2)n1C. The number of thiazole rings is 1. The zero-order valence-electron chi connectivity index (χ0n) is 17.1. The lowest BCUT2D eigenvalue weighted by Crippen LogP contribution is -1.99. The monoisotopic (exact) mass is 507 g/mol. The van der Waals surface area contributed by atoms with Gasteiger partial charge in [-0.2, -0.15) is 0 Å². The molecule has 0 aliphatic rings. The van der Waals surface area contributed by atoms with Gasteiger partial charge in [-0.05, 0) is 30.8 Å². The van der Waals surface area contributed by atoms with E-state index in [0.29, 0.717) is 28.3 Å². The number of ether oxygens (including phenoxy) is 1. The lowest BCUT2D eigenvalue weighted by Gasteiger charge is -2.12. The lowest BCUT2D eigenvalue weighted by atomic mass is 10.3. The molecule has 4 rings (SSSR count). The summed E-state index contributed by atoms with van der Waals surface area (Å²) in [7, 11) is 1.85. The van der Waals surface area contributed by atoms with Crippen LogP contribution in [0.4, 0.5) is 10.9 Å². The number of rotatable bonds is 7. The van der Waals surface area contributed by atoms with Gasteiger partial charge in [-0.1, -0.05) is 18.2 Å². The van der Waals surface area contributed by atoms with E-state index in [1.54, 1.807) is 6.20 Å². The van der Waals surface area contributed by atoms with Crippen LogP contribution in [0.2, 0.25) is 0 Å². The first-order chi connectivity index (χ1) is 14.6. The number of aromatic nitrogens is 5. The average Bonchev–Trinajstić information content (AvgIpc) is 3.31. The molecule has 1 aromatic carbocycles. The molecule has 166 valence electrons. The van der Waals surface area contributed by atoms with E-state index < -0.39 is 0 Å². The Balaban J connectivity index is 0.00000181. The van der Waals surface area contributed by atoms with Crippen molar-refractivity contribution >= 4 is 58.9 Å². The van der Waals surface area contributed by atoms with Crippen LogP contribution in [0, 0.1) is 13.5 Å². The summed E-state index contributed by atoms with van der Waals surface area (Å²) >= 11 is 2.91. The third kappa shape index (κ3) is 6.11. The number of hydrogen-bond donors (Lipinski definition) is 1. The molecule has 4 aromatic rings. The lowest BCUT2D eigenvalue weighted by molar-refractivity contribution is 0.481. The predicted octanol–water partition coefficient (Wildman–Crippen LogP) is 5.93. The summed E-state index contributed by atoms with van der Waals surface area (Å²) < 4.78 is 7.91. The van der Waals surface area contributed by atoms with Crippen LogP contribution in [-0.4, -0.2) is 24.7 Å². The van der Waals surface area contributed by atoms with E-state index in [1.807, 2.05) is 60.3 Å². The molecule has 0 spiro atoms. The predicted molar refractivity (Wildman–Crippen MR) is 131 cm³/mol. The molecule has 3 aromatic heterocycles. The second-order valence-electron chi connectivity index (χ2n) is 6.23. The normalized spacial score (nSPS) is 9.91. The highest BCUT2D eigenvalue weighted by atomic mass is 35.5. The van der Waals surface area contributed by atoms with Crippen molar-refractivity contribution in [1.82, 2.24) is 24.7 Å². The topological polar surface area (TPSA) is 82.1 Å². The van der Waals surface area contributed by atoms with Gasteiger partial charge in [0.15, 0.2) is 21.9 Å². The van der Waals surface area contributed by atoms with Gasteiger partial charge >= 0.3 is 0 Å². The zero-order chi connectivity index (χ0) is 20.9. The minimum absolute atomic E-state index is 0. The van der Waals surface area contributed by atoms with Gasteiger partial charge in [-0.25, -0.2) is 16.5 Å². The van der Waals surface area contributed by atoms with Crippen LogP contribution in [0.15, 0.2) is 58.0 Å². The van der Waals surface area contributed by atoms with E-state index in [4.69, 9.17) is 11.3 Å². The van der Waals surface area contributed by atoms with Gasteiger partial charge in [0, 0.05) is 29.6 Å². The van der Waals surface area contributed by atoms with Gasteiger partial charge in [-0.3, -0.25) is 0 Å². The number of benzene rings is 1. The maximum atomic E-state index is 7.02. The van der Waals surface area contributed by atoms with Crippen molar-refractivity contribution in [3.05, 3.63) is 70.9 Å². The number of nitrogens with zero attached hydrogens (tertiary/aromatic N) is 6. The molecule has 0 unspecified atom stereocenters. The van der Waals surface area contributed by atoms with E-state index in [1.165, 1.54) is 23.1 Å². The molecule has 0 amide bonds. The third-order valence-corrected chi connectivity index (χ3v) is 5.87. The minimum Gasteiger partial charge on any atom is -0.453 e. The fourth-order valence-electron chi connectivity index (χ4n) is 2.53. The van der Waals surface area contributed by atoms with Crippen molar-refractivity contribution in [2.75, 3.05) is 5.32 Å². The maximum absolute atomic E-state index is 7.02. The van der Waals surface area contributed by atoms with E-state index in [-0.39, 0.29) is 31.4 Å². The Labute approximate surface area is 206 Å². The van der Waals surface area contributed by atoms with Gasteiger partial charge in [0.05, 0.1) is 5.69 Å². The van der Waals surface area contributed by atoms with Crippen molar-refractivity contribution in [2.24, 2.45) is 7.05 Å². The molecule has 1 N–H and O–H groups in total. The van der Waals surface area contributed by atoms with Gasteiger partial charge in [0.2, 0.25) is 5.82 Å². The van der Waals surface area contributed by atoms with E-state index >= 15 is 0 Å². The van der Waals surface area contributed by atoms with Crippen LogP contribution < -0.4 is 10.1 Å². The van der Waals surface area contributed by atoms with E-state index in [9.17, 15) is 0 Å². The molecule has 0 saturated carbocycles. The summed E-state index contributed by atoms with van der Waals surface area (Å²) in [6, 6.07) is 11.4. The smallest absolute Gasteiger partial charge is 0.273 e. The Morgan fingerprint density at radius 1 is 1.22 bits per heavy atom. The highest BCUT2D eigenvalue weighted by Gasteiger charge is 2.15. The molecule has 0 atom stereocenters. The van der Waals surface area contributed by atoms with Gasteiger partial charge in [0.1, 0.15) is 5.75 Å². The molecule has 8 nitrogen and oxygen atoms in total. The quantitative estimate of drug-likeness (QED) is 0.310. The van der Waals surface area contributed by atoms with Crippen molar-refractivity contribution in [3.63, 3.8) is 0 Å². The number of nitrogens with one attached hydrogen (secondary N) is 1. The molecule has 0 bridgehead atoms. The number of pyridine rings is 1. The summed E-state index contributed by atoms with van der Waals surface area (Å²) in [5, 5.41) is 14.9. The van der Waals surface area contributed by atoms with E-state index in [2.05, 4.69) is 30.3 Å². The van der Waals surface area contributed by atoms with Crippen molar-refractivity contribution in [3.8, 4) is 11.5 Å². The fourth-order valence-corrected chi connectivity index (χ4v) is 4.02. The van der Waals surface area contributed by atoms with Gasteiger partial charge in [0.25, 0.3) is 6.54 Å². The number of anilines is 2. The molecule has 32 heavy (non-hydrogen) atoms. The van der Waals surface area contributed by atoms with Crippen LogP contribution in [0.25, 0.3) is 4.85 Å². The third-order valence-electron chi connectivity index (χ3n) is 4.00. The van der Waals surface area contributed by atoms with Crippen LogP contribution in [0.5, 0.6) is 11.5 Å². The first-order valence-corrected chi connectivity index (χ1v) is 10.6. The van der Waals surface area contributed by atoms with Crippen molar-refractivity contribution in [1.29, 1.82) is 0 Å². The number of aryl methyl sites for hydroxylation is 1. The Morgan fingerprint density at radius 2 is 2.00 bits per heavy atom. The number of hydrogen-bond acceptors (Lipinski definition) is 8. The highest BCUT2D eigenvalue weighted by molar-refractivity contribution is 7.99. The van der Waals surface area contributed by atoms with Crippen molar-refractivity contribution in [2.45, 2.75) is 23.5 Å². The molecular formula is C20H19Cl2N7OS2. The largest absolute Gasteiger partial charge is 0.453 e. The molecule has 0 radical (unpaired) electrons. The van der Waals surface area contributed by atoms with Crippen LogP contribution in [-0.2, 0) is 13.6 Å². The Kier molecular flexibility index (Phi) is 9.28. The first kappa shape index (κ1) is 25.4. The summed E-state index contributed by atoms with van der Waals surface area (Å²) in [5.74, 6) is 2.48. The van der Waals surface area contributed by atoms with E-state index in [0.717, 1.165) is 15.7 Å². The molecular weight excluding hydrogens is 489 g/mol. The Morgan fingerprint density at radius 3 is 2.69 bits per heavy atom. The second-order valence-corrected chi connectivity index (χ2v) is 8.13. The molecule has 0 fully saturated rings. The number of para-hydroxylation sites is 1. The second kappa shape index (κ2) is 11.7. The molecule has 0 aliphatic heterocycles. The summed E-state index contributed by atoms with van der Waals surface area (Å²) in [6.07, 6.45) is 1.74. The van der Waals surface area contributed by atoms with Crippen molar-refractivity contribution < 1.29 is 4.74 Å². The van der Waals surface area contributed by atoms with Gasteiger partial charge < -0.3 is 19.5 Å². The summed E-state index contributed by atoms with van der Waals surface area (Å²) in [4.78, 5) is 13.2. The average molecular weight is 508 g/mol. The summed E-state index contributed by atoms with van der Waals surface area (Å²) in [6.45, 7) is 9.16. The fraction of sp³-hybridized carbons (Fsp3) is 0.150. The molecule has 12 heteroatoms. The standard InChI is InChI=1S/C20H17N7OS2.2ClH/c1-13-12-29-19(23-13)24-18-16(28-14-7-5-4-6-8-14)9-15(10-22-18)30-20-26-25-17(11-21-2)27(20)3;;/h4-10,12H,11H2,1,3H3,(H,22,23,24);2*1H. The number of halogens is 2. The Bertz CT molecular complexity index is 1210.